The first-order valence-electron chi connectivity index (χ1n) is 5.92. The van der Waals surface area contributed by atoms with Gasteiger partial charge in [-0.25, -0.2) is 13.1 Å². The van der Waals surface area contributed by atoms with Gasteiger partial charge in [-0.05, 0) is 46.6 Å². The first-order chi connectivity index (χ1) is 9.40. The van der Waals surface area contributed by atoms with E-state index < -0.39 is 10.0 Å². The van der Waals surface area contributed by atoms with Crippen molar-refractivity contribution in [1.29, 1.82) is 0 Å². The SMILES string of the molecule is CC(NS(=O)(=O)c1ccc(Br)cc1Br)c1ccccc1. The summed E-state index contributed by atoms with van der Waals surface area (Å²) in [5.41, 5.74) is 0.921. The Morgan fingerprint density at radius 2 is 1.70 bits per heavy atom. The van der Waals surface area contributed by atoms with Crippen molar-refractivity contribution in [1.82, 2.24) is 4.72 Å². The highest BCUT2D eigenvalue weighted by atomic mass is 79.9. The second kappa shape index (κ2) is 6.39. The summed E-state index contributed by atoms with van der Waals surface area (Å²) in [7, 11) is -3.57. The molecule has 0 amide bonds. The van der Waals surface area contributed by atoms with Gasteiger partial charge in [-0.2, -0.15) is 0 Å². The van der Waals surface area contributed by atoms with E-state index in [-0.39, 0.29) is 10.9 Å². The summed E-state index contributed by atoms with van der Waals surface area (Å²) in [5, 5.41) is 0. The summed E-state index contributed by atoms with van der Waals surface area (Å²) in [6.07, 6.45) is 0. The average molecular weight is 419 g/mol. The van der Waals surface area contributed by atoms with Crippen LogP contribution >= 0.6 is 31.9 Å². The molecule has 2 aromatic carbocycles. The lowest BCUT2D eigenvalue weighted by Crippen LogP contribution is -2.27. The summed E-state index contributed by atoms with van der Waals surface area (Å²) < 4.78 is 28.8. The molecule has 1 N–H and O–H groups in total. The molecule has 6 heteroatoms. The molecule has 20 heavy (non-hydrogen) atoms. The van der Waals surface area contributed by atoms with Crippen molar-refractivity contribution in [2.45, 2.75) is 17.9 Å². The molecule has 0 fully saturated rings. The van der Waals surface area contributed by atoms with Gasteiger partial charge in [-0.3, -0.25) is 0 Å². The molecule has 3 nitrogen and oxygen atoms in total. The molecule has 1 unspecified atom stereocenters. The molecular weight excluding hydrogens is 406 g/mol. The predicted octanol–water partition coefficient (Wildman–Crippen LogP) is 4.25. The van der Waals surface area contributed by atoms with Crippen molar-refractivity contribution in [2.24, 2.45) is 0 Å². The minimum atomic E-state index is -3.57. The van der Waals surface area contributed by atoms with Crippen LogP contribution in [0, 0.1) is 0 Å². The zero-order valence-corrected chi connectivity index (χ0v) is 14.7. The summed E-state index contributed by atoms with van der Waals surface area (Å²) in [4.78, 5) is 0.225. The minimum absolute atomic E-state index is 0.225. The van der Waals surface area contributed by atoms with Gasteiger partial charge in [0.2, 0.25) is 10.0 Å². The Morgan fingerprint density at radius 3 is 2.30 bits per heavy atom. The van der Waals surface area contributed by atoms with Crippen LogP contribution in [0.25, 0.3) is 0 Å². The number of sulfonamides is 1. The molecule has 0 spiro atoms. The molecule has 0 saturated carbocycles. The smallest absolute Gasteiger partial charge is 0.207 e. The Morgan fingerprint density at radius 1 is 1.05 bits per heavy atom. The maximum absolute atomic E-state index is 12.4. The molecule has 0 heterocycles. The second-order valence-corrected chi connectivity index (χ2v) is 7.78. The van der Waals surface area contributed by atoms with Gasteiger partial charge >= 0.3 is 0 Å². The fourth-order valence-corrected chi connectivity index (χ4v) is 4.78. The summed E-state index contributed by atoms with van der Waals surface area (Å²) >= 11 is 6.59. The third-order valence-corrected chi connectivity index (χ3v) is 5.83. The number of hydrogen-bond donors (Lipinski definition) is 1. The van der Waals surface area contributed by atoms with Gasteiger partial charge in [0.15, 0.2) is 0 Å². The molecule has 0 bridgehead atoms. The van der Waals surface area contributed by atoms with Crippen molar-refractivity contribution >= 4 is 41.9 Å². The van der Waals surface area contributed by atoms with Crippen molar-refractivity contribution in [3.8, 4) is 0 Å². The van der Waals surface area contributed by atoms with Crippen LogP contribution in [0.4, 0.5) is 0 Å². The van der Waals surface area contributed by atoms with E-state index in [0.717, 1.165) is 10.0 Å². The zero-order chi connectivity index (χ0) is 14.8. The lowest BCUT2D eigenvalue weighted by Gasteiger charge is -2.15. The summed E-state index contributed by atoms with van der Waals surface area (Å²) in [6, 6.07) is 14.1. The highest BCUT2D eigenvalue weighted by Gasteiger charge is 2.20. The van der Waals surface area contributed by atoms with E-state index in [0.29, 0.717) is 4.47 Å². The van der Waals surface area contributed by atoms with E-state index in [9.17, 15) is 8.42 Å². The number of benzene rings is 2. The molecule has 0 aliphatic rings. The van der Waals surface area contributed by atoms with E-state index in [4.69, 9.17) is 0 Å². The molecule has 2 rings (SSSR count). The minimum Gasteiger partial charge on any atom is -0.207 e. The largest absolute Gasteiger partial charge is 0.242 e. The molecule has 0 aromatic heterocycles. The number of rotatable bonds is 4. The van der Waals surface area contributed by atoms with E-state index in [1.54, 1.807) is 18.2 Å². The third-order valence-electron chi connectivity index (χ3n) is 2.81. The van der Waals surface area contributed by atoms with Crippen molar-refractivity contribution < 1.29 is 8.42 Å². The number of halogens is 2. The van der Waals surface area contributed by atoms with E-state index in [2.05, 4.69) is 36.6 Å². The second-order valence-electron chi connectivity index (χ2n) is 4.33. The molecule has 0 radical (unpaired) electrons. The molecule has 0 aliphatic carbocycles. The standard InChI is InChI=1S/C14H13Br2NO2S/c1-10(11-5-3-2-4-6-11)17-20(18,19)14-8-7-12(15)9-13(14)16/h2-10,17H,1H3. The first kappa shape index (κ1) is 15.7. The van der Waals surface area contributed by atoms with E-state index in [1.165, 1.54) is 0 Å². The Bertz CT molecular complexity index is 702. The van der Waals surface area contributed by atoms with Crippen molar-refractivity contribution in [3.63, 3.8) is 0 Å². The van der Waals surface area contributed by atoms with Gasteiger partial charge < -0.3 is 0 Å². The Labute approximate surface area is 135 Å². The van der Waals surface area contributed by atoms with Crippen molar-refractivity contribution in [2.75, 3.05) is 0 Å². The van der Waals surface area contributed by atoms with Crippen LogP contribution in [0.5, 0.6) is 0 Å². The van der Waals surface area contributed by atoms with Crippen LogP contribution in [0.1, 0.15) is 18.5 Å². The predicted molar refractivity (Wildman–Crippen MR) is 87.0 cm³/mol. The maximum atomic E-state index is 12.4. The molecule has 0 saturated heterocycles. The lowest BCUT2D eigenvalue weighted by molar-refractivity contribution is 0.566. The monoisotopic (exact) mass is 417 g/mol. The van der Waals surface area contributed by atoms with E-state index in [1.807, 2.05) is 37.3 Å². The molecule has 2 aromatic rings. The van der Waals surface area contributed by atoms with Crippen LogP contribution in [-0.2, 0) is 10.0 Å². The first-order valence-corrected chi connectivity index (χ1v) is 8.99. The summed E-state index contributed by atoms with van der Waals surface area (Å²) in [5.74, 6) is 0. The summed E-state index contributed by atoms with van der Waals surface area (Å²) in [6.45, 7) is 1.82. The van der Waals surface area contributed by atoms with Crippen LogP contribution in [0.3, 0.4) is 0 Å². The van der Waals surface area contributed by atoms with Gasteiger partial charge in [-0.15, -0.1) is 0 Å². The van der Waals surface area contributed by atoms with Gasteiger partial charge in [0, 0.05) is 15.0 Å². The maximum Gasteiger partial charge on any atom is 0.242 e. The van der Waals surface area contributed by atoms with E-state index >= 15 is 0 Å². The third kappa shape index (κ3) is 3.69. The van der Waals surface area contributed by atoms with Gasteiger partial charge in [0.05, 0.1) is 4.90 Å². The highest BCUT2D eigenvalue weighted by Crippen LogP contribution is 2.26. The average Bonchev–Trinajstić information content (AvgIpc) is 2.38. The topological polar surface area (TPSA) is 46.2 Å². The van der Waals surface area contributed by atoms with Crippen LogP contribution < -0.4 is 4.72 Å². The zero-order valence-electron chi connectivity index (χ0n) is 10.7. The number of hydrogen-bond acceptors (Lipinski definition) is 2. The molecule has 0 aliphatic heterocycles. The normalized spacial score (nSPS) is 13.2. The van der Waals surface area contributed by atoms with Gasteiger partial charge in [0.1, 0.15) is 0 Å². The number of nitrogens with one attached hydrogen (secondary N) is 1. The van der Waals surface area contributed by atoms with Crippen molar-refractivity contribution in [3.05, 3.63) is 63.0 Å². The van der Waals surface area contributed by atoms with Crippen LogP contribution in [0.2, 0.25) is 0 Å². The molecule has 106 valence electrons. The lowest BCUT2D eigenvalue weighted by atomic mass is 10.1. The Balaban J connectivity index is 2.28. The van der Waals surface area contributed by atoms with Crippen LogP contribution in [0.15, 0.2) is 62.4 Å². The quantitative estimate of drug-likeness (QED) is 0.806. The van der Waals surface area contributed by atoms with Gasteiger partial charge in [0.25, 0.3) is 0 Å². The Hall–Kier alpha value is -0.690. The van der Waals surface area contributed by atoms with Crippen LogP contribution in [-0.4, -0.2) is 8.42 Å². The highest BCUT2D eigenvalue weighted by molar-refractivity contribution is 9.11. The Kier molecular flexibility index (Phi) is 5.01. The molecular formula is C14H13Br2NO2S. The van der Waals surface area contributed by atoms with Gasteiger partial charge in [-0.1, -0.05) is 46.3 Å². The fraction of sp³-hybridized carbons (Fsp3) is 0.143. The molecule has 1 atom stereocenters. The fourth-order valence-electron chi connectivity index (χ4n) is 1.80.